The van der Waals surface area contributed by atoms with E-state index in [-0.39, 0.29) is 48.6 Å². The van der Waals surface area contributed by atoms with Crippen LogP contribution in [-0.2, 0) is 20.8 Å². The van der Waals surface area contributed by atoms with Crippen LogP contribution in [0.5, 0.6) is 0 Å². The lowest BCUT2D eigenvalue weighted by Gasteiger charge is -2.39. The van der Waals surface area contributed by atoms with Crippen molar-refractivity contribution in [1.82, 2.24) is 24.7 Å². The van der Waals surface area contributed by atoms with Crippen LogP contribution in [0.15, 0.2) is 24.3 Å². The molecule has 0 spiro atoms. The van der Waals surface area contributed by atoms with Crippen LogP contribution >= 0.6 is 24.8 Å². The number of para-hydroxylation sites is 2. The summed E-state index contributed by atoms with van der Waals surface area (Å²) in [7, 11) is 1.69. The van der Waals surface area contributed by atoms with Gasteiger partial charge in [0, 0.05) is 59.0 Å². The predicted molar refractivity (Wildman–Crippen MR) is 147 cm³/mol. The molecule has 0 bridgehead atoms. The molecule has 2 atom stereocenters. The van der Waals surface area contributed by atoms with Gasteiger partial charge in [0.1, 0.15) is 0 Å². The van der Waals surface area contributed by atoms with Crippen molar-refractivity contribution in [2.75, 3.05) is 59.7 Å². The highest BCUT2D eigenvalue weighted by Crippen LogP contribution is 2.32. The monoisotopic (exact) mass is 555 g/mol. The number of fused-ring (bicyclic) bond motifs is 1. The number of methoxy groups -OCH3 is 1. The molecular weight excluding hydrogens is 517 g/mol. The second-order valence-corrected chi connectivity index (χ2v) is 10.0. The van der Waals surface area contributed by atoms with E-state index in [9.17, 15) is 9.59 Å². The molecule has 2 saturated heterocycles. The van der Waals surface area contributed by atoms with Gasteiger partial charge in [0.15, 0.2) is 5.82 Å². The molecule has 5 rings (SSSR count). The Kier molecular flexibility index (Phi) is 11.0. The normalized spacial score (nSPS) is 21.7. The summed E-state index contributed by atoms with van der Waals surface area (Å²) in [4.78, 5) is 36.0. The SMILES string of the molecule is COCCCn1c(C(=O)N(CC2CC2)[C@@H]2CNC[C@H](C(=O)N3CCOCC3)C2)nc2ccccc21.Cl.Cl. The number of aromatic nitrogens is 2. The molecule has 1 saturated carbocycles. The molecule has 1 aromatic heterocycles. The molecule has 3 fully saturated rings. The number of nitrogens with zero attached hydrogens (tertiary/aromatic N) is 4. The van der Waals surface area contributed by atoms with Gasteiger partial charge in [-0.2, -0.15) is 0 Å². The topological polar surface area (TPSA) is 88.9 Å². The summed E-state index contributed by atoms with van der Waals surface area (Å²) in [6, 6.07) is 7.90. The zero-order valence-electron chi connectivity index (χ0n) is 21.5. The molecule has 0 unspecified atom stereocenters. The van der Waals surface area contributed by atoms with Crippen LogP contribution in [-0.4, -0.2) is 96.9 Å². The minimum atomic E-state index is -0.123. The maximum absolute atomic E-state index is 14.1. The van der Waals surface area contributed by atoms with Crippen LogP contribution < -0.4 is 5.32 Å². The van der Waals surface area contributed by atoms with Crippen molar-refractivity contribution < 1.29 is 19.1 Å². The van der Waals surface area contributed by atoms with Crippen molar-refractivity contribution >= 4 is 47.7 Å². The van der Waals surface area contributed by atoms with E-state index in [1.54, 1.807) is 7.11 Å². The van der Waals surface area contributed by atoms with E-state index in [4.69, 9.17) is 14.5 Å². The molecule has 1 aromatic carbocycles. The lowest BCUT2D eigenvalue weighted by molar-refractivity contribution is -0.140. The summed E-state index contributed by atoms with van der Waals surface area (Å²) in [5.74, 6) is 1.06. The number of amides is 2. The number of nitrogens with one attached hydrogen (secondary N) is 1. The Labute approximate surface area is 231 Å². The molecule has 0 radical (unpaired) electrons. The average molecular weight is 557 g/mol. The summed E-state index contributed by atoms with van der Waals surface area (Å²) in [6.45, 7) is 5.89. The third kappa shape index (κ3) is 6.95. The van der Waals surface area contributed by atoms with Crippen molar-refractivity contribution in [3.63, 3.8) is 0 Å². The number of ether oxygens (including phenoxy) is 2. The number of rotatable bonds is 9. The Bertz CT molecular complexity index is 1040. The number of hydrogen-bond acceptors (Lipinski definition) is 6. The summed E-state index contributed by atoms with van der Waals surface area (Å²) >= 11 is 0. The van der Waals surface area contributed by atoms with Gasteiger partial charge in [0.05, 0.1) is 30.2 Å². The molecule has 2 aromatic rings. The molecule has 9 nitrogen and oxygen atoms in total. The van der Waals surface area contributed by atoms with Gasteiger partial charge in [-0.05, 0) is 43.7 Å². The minimum Gasteiger partial charge on any atom is -0.385 e. The Morgan fingerprint density at radius 3 is 2.65 bits per heavy atom. The maximum Gasteiger partial charge on any atom is 0.290 e. The standard InChI is InChI=1S/C26H37N5O4.2ClH/c1-34-12-4-9-30-23-6-3-2-5-22(23)28-24(30)26(33)31(18-19-7-8-19)21-15-20(16-27-17-21)25(32)29-10-13-35-14-11-29;;/h2-3,5-6,19-21,27H,4,7-18H2,1H3;2*1H/t20-,21+;;/m1../s1. The predicted octanol–water partition coefficient (Wildman–Crippen LogP) is 2.61. The van der Waals surface area contributed by atoms with Gasteiger partial charge in [0.25, 0.3) is 5.91 Å². The van der Waals surface area contributed by atoms with Crippen molar-refractivity contribution in [3.8, 4) is 0 Å². The zero-order valence-corrected chi connectivity index (χ0v) is 23.1. The van der Waals surface area contributed by atoms with Crippen molar-refractivity contribution in [1.29, 1.82) is 0 Å². The lowest BCUT2D eigenvalue weighted by atomic mass is 9.92. The number of benzene rings is 1. The summed E-state index contributed by atoms with van der Waals surface area (Å²) in [5, 5.41) is 3.45. The van der Waals surface area contributed by atoms with Gasteiger partial charge < -0.3 is 29.2 Å². The number of hydrogen-bond donors (Lipinski definition) is 1. The first-order chi connectivity index (χ1) is 17.2. The highest BCUT2D eigenvalue weighted by Gasteiger charge is 2.38. The van der Waals surface area contributed by atoms with Gasteiger partial charge in [-0.15, -0.1) is 24.8 Å². The first-order valence-electron chi connectivity index (χ1n) is 13.0. The van der Waals surface area contributed by atoms with Crippen LogP contribution in [0.3, 0.4) is 0 Å². The fraction of sp³-hybridized carbons (Fsp3) is 0.654. The fourth-order valence-electron chi connectivity index (χ4n) is 5.32. The van der Waals surface area contributed by atoms with Crippen LogP contribution in [0.4, 0.5) is 0 Å². The van der Waals surface area contributed by atoms with E-state index in [2.05, 4.69) is 5.32 Å². The second-order valence-electron chi connectivity index (χ2n) is 10.0. The summed E-state index contributed by atoms with van der Waals surface area (Å²) in [6.07, 6.45) is 3.81. The molecule has 3 heterocycles. The van der Waals surface area contributed by atoms with Crippen molar-refractivity contribution in [2.24, 2.45) is 11.8 Å². The van der Waals surface area contributed by atoms with E-state index in [1.165, 1.54) is 0 Å². The second kappa shape index (κ2) is 13.8. The van der Waals surface area contributed by atoms with E-state index in [0.717, 1.165) is 36.8 Å². The van der Waals surface area contributed by atoms with Crippen LogP contribution in [0.1, 0.15) is 36.3 Å². The average Bonchev–Trinajstić information content (AvgIpc) is 3.66. The molecule has 1 aliphatic carbocycles. The first-order valence-corrected chi connectivity index (χ1v) is 13.0. The summed E-state index contributed by atoms with van der Waals surface area (Å²) in [5.41, 5.74) is 1.81. The number of piperidine rings is 1. The number of halogens is 2. The fourth-order valence-corrected chi connectivity index (χ4v) is 5.32. The first kappa shape index (κ1) is 29.6. The smallest absolute Gasteiger partial charge is 0.290 e. The van der Waals surface area contributed by atoms with Gasteiger partial charge in [-0.25, -0.2) is 4.98 Å². The number of aryl methyl sites for hydroxylation is 1. The molecule has 3 aliphatic rings. The highest BCUT2D eigenvalue weighted by atomic mass is 35.5. The Hall–Kier alpha value is -1.91. The molecular formula is C26H39Cl2N5O4. The van der Waals surface area contributed by atoms with Gasteiger partial charge >= 0.3 is 0 Å². The number of carbonyl (C=O) groups excluding carboxylic acids is 2. The van der Waals surface area contributed by atoms with Crippen LogP contribution in [0, 0.1) is 11.8 Å². The zero-order chi connectivity index (χ0) is 24.2. The third-order valence-electron chi connectivity index (χ3n) is 7.43. The minimum absolute atomic E-state index is 0. The molecule has 2 amide bonds. The molecule has 37 heavy (non-hydrogen) atoms. The number of carbonyl (C=O) groups is 2. The number of imidazole rings is 1. The maximum atomic E-state index is 14.1. The lowest BCUT2D eigenvalue weighted by Crippen LogP contribution is -2.56. The van der Waals surface area contributed by atoms with Crippen molar-refractivity contribution in [3.05, 3.63) is 30.1 Å². The number of morpholine rings is 1. The molecule has 2 aliphatic heterocycles. The van der Waals surface area contributed by atoms with Gasteiger partial charge in [-0.1, -0.05) is 12.1 Å². The molecule has 11 heteroatoms. The Morgan fingerprint density at radius 2 is 1.92 bits per heavy atom. The molecule has 1 N–H and O–H groups in total. The van der Waals surface area contributed by atoms with E-state index in [0.29, 0.717) is 70.7 Å². The highest BCUT2D eigenvalue weighted by molar-refractivity contribution is 5.95. The van der Waals surface area contributed by atoms with Crippen LogP contribution in [0.25, 0.3) is 11.0 Å². The Morgan fingerprint density at radius 1 is 1.16 bits per heavy atom. The molecule has 206 valence electrons. The van der Waals surface area contributed by atoms with E-state index in [1.807, 2.05) is 38.6 Å². The quantitative estimate of drug-likeness (QED) is 0.478. The van der Waals surface area contributed by atoms with Crippen LogP contribution in [0.2, 0.25) is 0 Å². The van der Waals surface area contributed by atoms with Gasteiger partial charge in [0.2, 0.25) is 5.91 Å². The summed E-state index contributed by atoms with van der Waals surface area (Å²) < 4.78 is 12.7. The van der Waals surface area contributed by atoms with Gasteiger partial charge in [-0.3, -0.25) is 9.59 Å². The van der Waals surface area contributed by atoms with E-state index < -0.39 is 0 Å². The largest absolute Gasteiger partial charge is 0.385 e. The van der Waals surface area contributed by atoms with Crippen molar-refractivity contribution in [2.45, 2.75) is 38.3 Å². The Balaban J connectivity index is 0.00000190. The van der Waals surface area contributed by atoms with E-state index >= 15 is 0 Å². The third-order valence-corrected chi connectivity index (χ3v) is 7.43.